The van der Waals surface area contributed by atoms with Crippen LogP contribution in [0.15, 0.2) is 46.9 Å². The van der Waals surface area contributed by atoms with E-state index in [0.29, 0.717) is 21.8 Å². The molecule has 1 N–H and O–H groups in total. The van der Waals surface area contributed by atoms with E-state index < -0.39 is 0 Å². The molecular weight excluding hydrogens is 328 g/mol. The zero-order valence-electron chi connectivity index (χ0n) is 9.65. The minimum Gasteiger partial charge on any atom is -0.321 e. The summed E-state index contributed by atoms with van der Waals surface area (Å²) in [6.45, 7) is 0. The third kappa shape index (κ3) is 3.34. The Balaban J connectivity index is 2.29. The summed E-state index contributed by atoms with van der Waals surface area (Å²) in [6.07, 6.45) is 0. The van der Waals surface area contributed by atoms with Gasteiger partial charge in [-0.05, 0) is 30.3 Å². The van der Waals surface area contributed by atoms with Gasteiger partial charge in [0, 0.05) is 15.1 Å². The summed E-state index contributed by atoms with van der Waals surface area (Å²) in [5, 5.41) is 12.1. The Morgan fingerprint density at radius 3 is 2.68 bits per heavy atom. The number of amides is 1. The van der Waals surface area contributed by atoms with Crippen LogP contribution in [0.5, 0.6) is 0 Å². The third-order valence-electron chi connectivity index (χ3n) is 2.42. The molecule has 2 aromatic carbocycles. The Labute approximate surface area is 123 Å². The zero-order valence-corrected chi connectivity index (χ0v) is 12.0. The molecule has 0 fully saturated rings. The molecule has 5 heteroatoms. The van der Waals surface area contributed by atoms with E-state index in [-0.39, 0.29) is 5.91 Å². The number of hydrogen-bond donors (Lipinski definition) is 1. The van der Waals surface area contributed by atoms with Crippen molar-refractivity contribution in [2.75, 3.05) is 5.32 Å². The second-order valence-corrected chi connectivity index (χ2v) is 5.12. The number of carbonyl (C=O) groups excluding carboxylic acids is 1. The number of para-hydroxylation sites is 1. The van der Waals surface area contributed by atoms with Crippen LogP contribution in [0.4, 0.5) is 5.69 Å². The van der Waals surface area contributed by atoms with E-state index in [1.54, 1.807) is 42.5 Å². The fraction of sp³-hybridized carbons (Fsp3) is 0. The molecule has 1 amide bonds. The molecule has 19 heavy (non-hydrogen) atoms. The first-order valence-corrected chi connectivity index (χ1v) is 6.54. The average molecular weight is 336 g/mol. The topological polar surface area (TPSA) is 52.9 Å². The van der Waals surface area contributed by atoms with Crippen molar-refractivity contribution >= 4 is 39.1 Å². The highest BCUT2D eigenvalue weighted by Crippen LogP contribution is 2.21. The first-order valence-electron chi connectivity index (χ1n) is 5.37. The first-order chi connectivity index (χ1) is 9.10. The predicted octanol–water partition coefficient (Wildman–Crippen LogP) is 4.23. The van der Waals surface area contributed by atoms with Gasteiger partial charge in [0.2, 0.25) is 0 Å². The van der Waals surface area contributed by atoms with Crippen molar-refractivity contribution in [2.45, 2.75) is 0 Å². The van der Waals surface area contributed by atoms with E-state index in [4.69, 9.17) is 16.9 Å². The first kappa shape index (κ1) is 13.6. The summed E-state index contributed by atoms with van der Waals surface area (Å²) in [5.41, 5.74) is 1.31. The lowest BCUT2D eigenvalue weighted by Gasteiger charge is -2.07. The number of carbonyl (C=O) groups is 1. The van der Waals surface area contributed by atoms with Gasteiger partial charge in [-0.3, -0.25) is 4.79 Å². The normalized spacial score (nSPS) is 9.74. The number of anilines is 1. The van der Waals surface area contributed by atoms with Gasteiger partial charge >= 0.3 is 0 Å². The van der Waals surface area contributed by atoms with Gasteiger partial charge < -0.3 is 5.32 Å². The molecule has 0 aliphatic rings. The highest BCUT2D eigenvalue weighted by Gasteiger charge is 2.10. The van der Waals surface area contributed by atoms with Crippen LogP contribution >= 0.6 is 27.5 Å². The maximum absolute atomic E-state index is 12.1. The SMILES string of the molecule is N#Cc1ccccc1NC(=O)c1cc(Cl)cc(Br)c1. The fourth-order valence-corrected chi connectivity index (χ4v) is 2.43. The molecule has 0 aromatic heterocycles. The van der Waals surface area contributed by atoms with Crippen molar-refractivity contribution in [2.24, 2.45) is 0 Å². The van der Waals surface area contributed by atoms with Gasteiger partial charge in [-0.1, -0.05) is 39.7 Å². The smallest absolute Gasteiger partial charge is 0.255 e. The monoisotopic (exact) mass is 334 g/mol. The van der Waals surface area contributed by atoms with Crippen LogP contribution in [-0.2, 0) is 0 Å². The van der Waals surface area contributed by atoms with Crippen LogP contribution in [-0.4, -0.2) is 5.91 Å². The molecule has 0 saturated heterocycles. The van der Waals surface area contributed by atoms with Gasteiger partial charge in [0.1, 0.15) is 6.07 Å². The molecule has 0 aliphatic carbocycles. The highest BCUT2D eigenvalue weighted by atomic mass is 79.9. The molecule has 3 nitrogen and oxygen atoms in total. The summed E-state index contributed by atoms with van der Waals surface area (Å²) in [7, 11) is 0. The number of hydrogen-bond acceptors (Lipinski definition) is 2. The third-order valence-corrected chi connectivity index (χ3v) is 3.10. The molecule has 0 bridgehead atoms. The van der Waals surface area contributed by atoms with Crippen LogP contribution in [0.25, 0.3) is 0 Å². The maximum Gasteiger partial charge on any atom is 0.255 e. The van der Waals surface area contributed by atoms with Gasteiger partial charge in [0.15, 0.2) is 0 Å². The zero-order chi connectivity index (χ0) is 13.8. The lowest BCUT2D eigenvalue weighted by molar-refractivity contribution is 0.102. The highest BCUT2D eigenvalue weighted by molar-refractivity contribution is 9.10. The molecule has 0 radical (unpaired) electrons. The van der Waals surface area contributed by atoms with Crippen molar-refractivity contribution in [1.82, 2.24) is 0 Å². The summed E-state index contributed by atoms with van der Waals surface area (Å²) in [5.74, 6) is -0.314. The molecule has 0 heterocycles. The van der Waals surface area contributed by atoms with Crippen molar-refractivity contribution in [3.63, 3.8) is 0 Å². The molecule has 2 aromatic rings. The Bertz CT molecular complexity index is 659. The molecule has 0 atom stereocenters. The van der Waals surface area contributed by atoms with Gasteiger partial charge in [-0.2, -0.15) is 5.26 Å². The Morgan fingerprint density at radius 1 is 1.26 bits per heavy atom. The lowest BCUT2D eigenvalue weighted by atomic mass is 10.1. The number of rotatable bonds is 2. The van der Waals surface area contributed by atoms with Gasteiger partial charge in [0.25, 0.3) is 5.91 Å². The van der Waals surface area contributed by atoms with Crippen molar-refractivity contribution in [1.29, 1.82) is 5.26 Å². The standard InChI is InChI=1S/C14H8BrClN2O/c15-11-5-10(6-12(16)7-11)14(19)18-13-4-2-1-3-9(13)8-17/h1-7H,(H,18,19). The van der Waals surface area contributed by atoms with E-state index in [0.717, 1.165) is 4.47 Å². The Kier molecular flexibility index (Phi) is 4.20. The molecule has 94 valence electrons. The summed E-state index contributed by atoms with van der Waals surface area (Å²) >= 11 is 9.17. The molecule has 0 spiro atoms. The maximum atomic E-state index is 12.1. The molecule has 0 aliphatic heterocycles. The quantitative estimate of drug-likeness (QED) is 0.893. The largest absolute Gasteiger partial charge is 0.321 e. The van der Waals surface area contributed by atoms with Crippen molar-refractivity contribution in [3.05, 3.63) is 63.1 Å². The van der Waals surface area contributed by atoms with E-state index in [2.05, 4.69) is 21.2 Å². The second-order valence-electron chi connectivity index (χ2n) is 3.77. The number of nitriles is 1. The van der Waals surface area contributed by atoms with Crippen LogP contribution in [0, 0.1) is 11.3 Å². The summed E-state index contributed by atoms with van der Waals surface area (Å²) < 4.78 is 0.721. The molecule has 0 saturated carbocycles. The van der Waals surface area contributed by atoms with Crippen LogP contribution < -0.4 is 5.32 Å². The minimum atomic E-state index is -0.314. The number of nitrogens with one attached hydrogen (secondary N) is 1. The number of nitrogens with zero attached hydrogens (tertiary/aromatic N) is 1. The van der Waals surface area contributed by atoms with Crippen LogP contribution in [0.3, 0.4) is 0 Å². The van der Waals surface area contributed by atoms with Crippen LogP contribution in [0.1, 0.15) is 15.9 Å². The molecule has 2 rings (SSSR count). The fourth-order valence-electron chi connectivity index (χ4n) is 1.57. The van der Waals surface area contributed by atoms with Crippen LogP contribution in [0.2, 0.25) is 5.02 Å². The van der Waals surface area contributed by atoms with E-state index >= 15 is 0 Å². The second kappa shape index (κ2) is 5.87. The Morgan fingerprint density at radius 2 is 2.00 bits per heavy atom. The number of halogens is 2. The minimum absolute atomic E-state index is 0.314. The lowest BCUT2D eigenvalue weighted by Crippen LogP contribution is -2.12. The summed E-state index contributed by atoms with van der Waals surface area (Å²) in [4.78, 5) is 12.1. The van der Waals surface area contributed by atoms with Gasteiger partial charge in [0.05, 0.1) is 11.3 Å². The van der Waals surface area contributed by atoms with E-state index in [1.165, 1.54) is 0 Å². The Hall–Kier alpha value is -1.83. The van der Waals surface area contributed by atoms with Gasteiger partial charge in [-0.25, -0.2) is 0 Å². The molecular formula is C14H8BrClN2O. The van der Waals surface area contributed by atoms with Crippen molar-refractivity contribution < 1.29 is 4.79 Å². The average Bonchev–Trinajstić information content (AvgIpc) is 2.38. The predicted molar refractivity (Wildman–Crippen MR) is 78.3 cm³/mol. The van der Waals surface area contributed by atoms with E-state index in [9.17, 15) is 4.79 Å². The number of benzene rings is 2. The van der Waals surface area contributed by atoms with E-state index in [1.807, 2.05) is 6.07 Å². The molecule has 0 unspecified atom stereocenters. The van der Waals surface area contributed by atoms with Gasteiger partial charge in [-0.15, -0.1) is 0 Å². The van der Waals surface area contributed by atoms with Crippen molar-refractivity contribution in [3.8, 4) is 6.07 Å². The summed E-state index contributed by atoms with van der Waals surface area (Å²) in [6, 6.07) is 13.8.